The summed E-state index contributed by atoms with van der Waals surface area (Å²) in [5, 5.41) is 0.418. The van der Waals surface area contributed by atoms with Crippen molar-refractivity contribution in [2.24, 2.45) is 0 Å². The minimum absolute atomic E-state index is 0.0416. The van der Waals surface area contributed by atoms with Crippen molar-refractivity contribution in [2.75, 3.05) is 6.54 Å². The van der Waals surface area contributed by atoms with Crippen LogP contribution in [0.25, 0.3) is 11.0 Å². The molecule has 4 nitrogen and oxygen atoms in total. The van der Waals surface area contributed by atoms with Crippen molar-refractivity contribution in [2.45, 2.75) is 6.04 Å². The first kappa shape index (κ1) is 15.3. The Bertz CT molecular complexity index is 1050. The number of amides is 1. The SMILES string of the molecule is C=CCN1C(=O)c2oc3ccccc3c(=O)c2[C@@H]1c1ccc(F)cc1. The summed E-state index contributed by atoms with van der Waals surface area (Å²) in [4.78, 5) is 27.3. The van der Waals surface area contributed by atoms with Gasteiger partial charge in [-0.15, -0.1) is 6.58 Å². The van der Waals surface area contributed by atoms with Crippen LogP contribution < -0.4 is 5.43 Å². The molecule has 2 aromatic carbocycles. The summed E-state index contributed by atoms with van der Waals surface area (Å²) in [5.41, 5.74) is 1.07. The number of halogens is 1. The molecule has 3 aromatic rings. The molecule has 2 heterocycles. The van der Waals surface area contributed by atoms with Crippen molar-refractivity contribution >= 4 is 16.9 Å². The normalized spacial score (nSPS) is 16.3. The molecule has 0 aliphatic carbocycles. The molecule has 1 atom stereocenters. The van der Waals surface area contributed by atoms with Gasteiger partial charge in [-0.3, -0.25) is 9.59 Å². The molecule has 0 unspecified atom stereocenters. The summed E-state index contributed by atoms with van der Waals surface area (Å²) in [6.45, 7) is 3.93. The summed E-state index contributed by atoms with van der Waals surface area (Å²) in [6.07, 6.45) is 1.59. The van der Waals surface area contributed by atoms with Crippen molar-refractivity contribution in [1.29, 1.82) is 0 Å². The van der Waals surface area contributed by atoms with Crippen LogP contribution in [0.15, 0.2) is 70.4 Å². The van der Waals surface area contributed by atoms with Gasteiger partial charge in [0.05, 0.1) is 17.0 Å². The lowest BCUT2D eigenvalue weighted by atomic mass is 9.98. The van der Waals surface area contributed by atoms with Crippen molar-refractivity contribution in [3.63, 3.8) is 0 Å². The van der Waals surface area contributed by atoms with Crippen molar-refractivity contribution in [3.8, 4) is 0 Å². The number of fused-ring (bicyclic) bond motifs is 2. The van der Waals surface area contributed by atoms with E-state index in [9.17, 15) is 14.0 Å². The zero-order valence-electron chi connectivity index (χ0n) is 13.2. The van der Waals surface area contributed by atoms with Crippen molar-refractivity contribution < 1.29 is 13.6 Å². The highest BCUT2D eigenvalue weighted by molar-refractivity contribution is 5.99. The van der Waals surface area contributed by atoms with E-state index in [0.29, 0.717) is 16.5 Å². The van der Waals surface area contributed by atoms with Gasteiger partial charge in [0.2, 0.25) is 5.76 Å². The Labute approximate surface area is 142 Å². The predicted molar refractivity (Wildman–Crippen MR) is 92.0 cm³/mol. The first-order valence-electron chi connectivity index (χ1n) is 7.85. The number of para-hydroxylation sites is 1. The zero-order valence-corrected chi connectivity index (χ0v) is 13.2. The summed E-state index contributed by atoms with van der Waals surface area (Å²) < 4.78 is 19.1. The molecule has 1 aliphatic rings. The summed E-state index contributed by atoms with van der Waals surface area (Å²) in [5.74, 6) is -0.707. The Morgan fingerprint density at radius 1 is 1.12 bits per heavy atom. The van der Waals surface area contributed by atoms with E-state index < -0.39 is 6.04 Å². The van der Waals surface area contributed by atoms with Crippen molar-refractivity contribution in [1.82, 2.24) is 4.90 Å². The summed E-state index contributed by atoms with van der Waals surface area (Å²) >= 11 is 0. The first-order valence-corrected chi connectivity index (χ1v) is 7.85. The molecule has 0 spiro atoms. The number of hydrogen-bond donors (Lipinski definition) is 0. The Hall–Kier alpha value is -3.21. The highest BCUT2D eigenvalue weighted by Gasteiger charge is 2.42. The molecule has 25 heavy (non-hydrogen) atoms. The van der Waals surface area contributed by atoms with E-state index in [4.69, 9.17) is 4.42 Å². The fourth-order valence-electron chi connectivity index (χ4n) is 3.29. The van der Waals surface area contributed by atoms with Gasteiger partial charge in [-0.2, -0.15) is 0 Å². The molecular weight excluding hydrogens is 321 g/mol. The maximum atomic E-state index is 13.3. The Morgan fingerprint density at radius 3 is 2.56 bits per heavy atom. The van der Waals surface area contributed by atoms with E-state index in [1.807, 2.05) is 0 Å². The van der Waals surface area contributed by atoms with Crippen LogP contribution >= 0.6 is 0 Å². The van der Waals surface area contributed by atoms with Crippen LogP contribution in [0.2, 0.25) is 0 Å². The summed E-state index contributed by atoms with van der Waals surface area (Å²) in [6, 6.07) is 12.0. The molecule has 0 saturated carbocycles. The summed E-state index contributed by atoms with van der Waals surface area (Å²) in [7, 11) is 0. The average Bonchev–Trinajstić information content (AvgIpc) is 2.89. The minimum atomic E-state index is -0.623. The lowest BCUT2D eigenvalue weighted by molar-refractivity contribution is 0.0748. The second-order valence-corrected chi connectivity index (χ2v) is 5.87. The standard InChI is InChI=1S/C20H14FNO3/c1-2-11-22-17(12-7-9-13(21)10-8-12)16-18(23)14-5-3-4-6-15(14)25-19(16)20(22)24/h2-10,17H,1,11H2/t17-/m0/s1. The third-order valence-electron chi connectivity index (χ3n) is 4.38. The average molecular weight is 335 g/mol. The van der Waals surface area contributed by atoms with Crippen LogP contribution in [-0.4, -0.2) is 17.4 Å². The highest BCUT2D eigenvalue weighted by Crippen LogP contribution is 2.37. The van der Waals surface area contributed by atoms with Gasteiger partial charge >= 0.3 is 0 Å². The van der Waals surface area contributed by atoms with E-state index in [1.165, 1.54) is 17.0 Å². The second-order valence-electron chi connectivity index (χ2n) is 5.87. The van der Waals surface area contributed by atoms with Crippen molar-refractivity contribution in [3.05, 3.63) is 94.1 Å². The maximum Gasteiger partial charge on any atom is 0.291 e. The number of nitrogens with zero attached hydrogens (tertiary/aromatic N) is 1. The number of hydrogen-bond acceptors (Lipinski definition) is 3. The number of carbonyl (C=O) groups is 1. The van der Waals surface area contributed by atoms with Gasteiger partial charge in [-0.25, -0.2) is 4.39 Å². The lowest BCUT2D eigenvalue weighted by Gasteiger charge is -2.23. The van der Waals surface area contributed by atoms with Gasteiger partial charge in [0.15, 0.2) is 5.43 Å². The monoisotopic (exact) mass is 335 g/mol. The number of rotatable bonds is 3. The molecular formula is C20H14FNO3. The Morgan fingerprint density at radius 2 is 1.84 bits per heavy atom. The van der Waals surface area contributed by atoms with Gasteiger partial charge in [-0.05, 0) is 29.8 Å². The Balaban J connectivity index is 2.02. The minimum Gasteiger partial charge on any atom is -0.450 e. The van der Waals surface area contributed by atoms with Gasteiger partial charge < -0.3 is 9.32 Å². The molecule has 0 saturated heterocycles. The van der Waals surface area contributed by atoms with E-state index >= 15 is 0 Å². The molecule has 124 valence electrons. The molecule has 0 fully saturated rings. The molecule has 4 rings (SSSR count). The van der Waals surface area contributed by atoms with Gasteiger partial charge in [0.1, 0.15) is 11.4 Å². The van der Waals surface area contributed by atoms with E-state index in [1.54, 1.807) is 42.5 Å². The van der Waals surface area contributed by atoms with E-state index in [0.717, 1.165) is 0 Å². The second kappa shape index (κ2) is 5.70. The highest BCUT2D eigenvalue weighted by atomic mass is 19.1. The molecule has 0 bridgehead atoms. The Kier molecular flexibility index (Phi) is 3.50. The lowest BCUT2D eigenvalue weighted by Crippen LogP contribution is -2.29. The predicted octanol–water partition coefficient (Wildman–Crippen LogP) is 3.66. The van der Waals surface area contributed by atoms with E-state index in [-0.39, 0.29) is 35.0 Å². The largest absolute Gasteiger partial charge is 0.450 e. The van der Waals surface area contributed by atoms with Crippen LogP contribution in [0.4, 0.5) is 4.39 Å². The third kappa shape index (κ3) is 2.28. The van der Waals surface area contributed by atoms with Crippen LogP contribution in [0, 0.1) is 5.82 Å². The van der Waals surface area contributed by atoms with Crippen LogP contribution in [0.5, 0.6) is 0 Å². The fourth-order valence-corrected chi connectivity index (χ4v) is 3.29. The number of carbonyl (C=O) groups excluding carboxylic acids is 1. The van der Waals surface area contributed by atoms with Crippen LogP contribution in [-0.2, 0) is 0 Å². The van der Waals surface area contributed by atoms with Gasteiger partial charge in [-0.1, -0.05) is 30.3 Å². The topological polar surface area (TPSA) is 50.5 Å². The smallest absolute Gasteiger partial charge is 0.291 e. The molecule has 1 aromatic heterocycles. The molecule has 5 heteroatoms. The fraction of sp³-hybridized carbons (Fsp3) is 0.100. The maximum absolute atomic E-state index is 13.3. The first-order chi connectivity index (χ1) is 12.1. The van der Waals surface area contributed by atoms with Gasteiger partial charge in [0.25, 0.3) is 5.91 Å². The molecule has 0 N–H and O–H groups in total. The van der Waals surface area contributed by atoms with Crippen LogP contribution in [0.1, 0.15) is 27.7 Å². The van der Waals surface area contributed by atoms with E-state index in [2.05, 4.69) is 6.58 Å². The zero-order chi connectivity index (χ0) is 17.6. The quantitative estimate of drug-likeness (QED) is 0.686. The third-order valence-corrected chi connectivity index (χ3v) is 4.38. The van der Waals surface area contributed by atoms with Crippen LogP contribution in [0.3, 0.4) is 0 Å². The number of benzene rings is 2. The molecule has 1 amide bonds. The molecule has 1 aliphatic heterocycles. The van der Waals surface area contributed by atoms with Gasteiger partial charge in [0, 0.05) is 6.54 Å². The molecule has 0 radical (unpaired) electrons.